The van der Waals surface area contributed by atoms with Crippen LogP contribution in [-0.4, -0.2) is 13.4 Å². The molecule has 0 aliphatic carbocycles. The molecule has 0 unspecified atom stereocenters. The number of nitrogens with one attached hydrogen (secondary N) is 2. The molecular weight excluding hydrogens is 372 g/mol. The van der Waals surface area contributed by atoms with E-state index in [1.807, 2.05) is 13.8 Å². The predicted molar refractivity (Wildman–Crippen MR) is 101 cm³/mol. The monoisotopic (exact) mass is 389 g/mol. The summed E-state index contributed by atoms with van der Waals surface area (Å²) in [5.41, 5.74) is 1.76. The van der Waals surface area contributed by atoms with E-state index in [-0.39, 0.29) is 22.1 Å². The van der Waals surface area contributed by atoms with Gasteiger partial charge in [-0.2, -0.15) is 0 Å². The van der Waals surface area contributed by atoms with Gasteiger partial charge in [-0.3, -0.25) is 4.72 Å². The van der Waals surface area contributed by atoms with Gasteiger partial charge in [0.1, 0.15) is 23.1 Å². The van der Waals surface area contributed by atoms with E-state index < -0.39 is 21.7 Å². The van der Waals surface area contributed by atoms with Crippen LogP contribution in [0.3, 0.4) is 0 Å². The fraction of sp³-hybridized carbons (Fsp3) is 0.105. The summed E-state index contributed by atoms with van der Waals surface area (Å²) >= 11 is 0. The van der Waals surface area contributed by atoms with Crippen molar-refractivity contribution in [2.75, 3.05) is 10.0 Å². The van der Waals surface area contributed by atoms with Gasteiger partial charge in [0.05, 0.1) is 16.8 Å². The summed E-state index contributed by atoms with van der Waals surface area (Å²) in [5.74, 6) is -1.33. The van der Waals surface area contributed by atoms with E-state index in [1.165, 1.54) is 30.5 Å². The number of benzene rings is 2. The van der Waals surface area contributed by atoms with E-state index in [9.17, 15) is 17.2 Å². The van der Waals surface area contributed by atoms with E-state index in [4.69, 9.17) is 0 Å². The molecule has 3 rings (SSSR count). The first-order valence-electron chi connectivity index (χ1n) is 8.03. The van der Waals surface area contributed by atoms with Gasteiger partial charge < -0.3 is 5.32 Å². The number of halogens is 2. The molecule has 0 fully saturated rings. The molecule has 0 saturated carbocycles. The SMILES string of the molecule is Cc1ccc(S(=O)(=O)Nc2ccc(Nc3c(F)cccc3F)nc2)cc1C. The van der Waals surface area contributed by atoms with Crippen molar-refractivity contribution in [1.82, 2.24) is 4.98 Å². The summed E-state index contributed by atoms with van der Waals surface area (Å²) in [7, 11) is -3.77. The Morgan fingerprint density at radius 2 is 1.63 bits per heavy atom. The molecule has 2 N–H and O–H groups in total. The molecule has 0 aliphatic heterocycles. The van der Waals surface area contributed by atoms with Crippen LogP contribution in [0, 0.1) is 25.5 Å². The number of hydrogen-bond acceptors (Lipinski definition) is 4. The van der Waals surface area contributed by atoms with Crippen molar-refractivity contribution in [3.05, 3.63) is 77.5 Å². The topological polar surface area (TPSA) is 71.1 Å². The smallest absolute Gasteiger partial charge is 0.261 e. The molecule has 27 heavy (non-hydrogen) atoms. The third-order valence-corrected chi connectivity index (χ3v) is 5.40. The van der Waals surface area contributed by atoms with Gasteiger partial charge in [-0.15, -0.1) is 0 Å². The molecule has 1 heterocycles. The van der Waals surface area contributed by atoms with E-state index in [2.05, 4.69) is 15.0 Å². The van der Waals surface area contributed by atoms with Crippen molar-refractivity contribution < 1.29 is 17.2 Å². The number of pyridine rings is 1. The zero-order valence-corrected chi connectivity index (χ0v) is 15.4. The third-order valence-electron chi connectivity index (χ3n) is 4.02. The average molecular weight is 389 g/mol. The second-order valence-electron chi connectivity index (χ2n) is 6.01. The van der Waals surface area contributed by atoms with Gasteiger partial charge in [-0.25, -0.2) is 22.2 Å². The van der Waals surface area contributed by atoms with Crippen LogP contribution in [0.4, 0.5) is 26.0 Å². The highest BCUT2D eigenvalue weighted by atomic mass is 32.2. The second kappa shape index (κ2) is 7.32. The van der Waals surface area contributed by atoms with Gasteiger partial charge in [0, 0.05) is 0 Å². The summed E-state index contributed by atoms with van der Waals surface area (Å²) in [6, 6.07) is 11.2. The van der Waals surface area contributed by atoms with Crippen LogP contribution >= 0.6 is 0 Å². The fourth-order valence-corrected chi connectivity index (χ4v) is 3.50. The number of anilines is 3. The maximum atomic E-state index is 13.7. The molecular formula is C19H17F2N3O2S. The number of nitrogens with zero attached hydrogens (tertiary/aromatic N) is 1. The van der Waals surface area contributed by atoms with E-state index in [1.54, 1.807) is 12.1 Å². The molecule has 0 radical (unpaired) electrons. The molecule has 2 aromatic carbocycles. The Morgan fingerprint density at radius 1 is 0.926 bits per heavy atom. The van der Waals surface area contributed by atoms with Gasteiger partial charge in [0.25, 0.3) is 10.0 Å². The predicted octanol–water partition coefficient (Wildman–Crippen LogP) is 4.52. The highest BCUT2D eigenvalue weighted by Gasteiger charge is 2.15. The number of rotatable bonds is 5. The Kier molecular flexibility index (Phi) is 5.09. The molecule has 0 spiro atoms. The van der Waals surface area contributed by atoms with E-state index >= 15 is 0 Å². The van der Waals surface area contributed by atoms with Crippen molar-refractivity contribution in [1.29, 1.82) is 0 Å². The van der Waals surface area contributed by atoms with Crippen molar-refractivity contribution >= 4 is 27.2 Å². The molecule has 5 nitrogen and oxygen atoms in total. The van der Waals surface area contributed by atoms with Gasteiger partial charge in [0.2, 0.25) is 0 Å². The number of para-hydroxylation sites is 1. The number of aryl methyl sites for hydroxylation is 2. The van der Waals surface area contributed by atoms with Crippen LogP contribution < -0.4 is 10.0 Å². The Labute approximate surface area is 156 Å². The fourth-order valence-electron chi connectivity index (χ4n) is 2.37. The van der Waals surface area contributed by atoms with Gasteiger partial charge in [0.15, 0.2) is 0 Å². The number of aromatic nitrogens is 1. The highest BCUT2D eigenvalue weighted by molar-refractivity contribution is 7.92. The molecule has 0 amide bonds. The quantitative estimate of drug-likeness (QED) is 0.673. The van der Waals surface area contributed by atoms with Crippen LogP contribution in [0.2, 0.25) is 0 Å². The van der Waals surface area contributed by atoms with E-state index in [0.717, 1.165) is 23.3 Å². The van der Waals surface area contributed by atoms with Crippen LogP contribution in [-0.2, 0) is 10.0 Å². The van der Waals surface area contributed by atoms with Crippen molar-refractivity contribution in [2.45, 2.75) is 18.7 Å². The normalized spacial score (nSPS) is 11.3. The third kappa shape index (κ3) is 4.22. The lowest BCUT2D eigenvalue weighted by atomic mass is 10.1. The minimum absolute atomic E-state index is 0.140. The van der Waals surface area contributed by atoms with Crippen LogP contribution in [0.1, 0.15) is 11.1 Å². The Bertz CT molecular complexity index is 1060. The van der Waals surface area contributed by atoms with Crippen LogP contribution in [0.15, 0.2) is 59.6 Å². The van der Waals surface area contributed by atoms with Gasteiger partial charge >= 0.3 is 0 Å². The molecule has 0 aliphatic rings. The second-order valence-corrected chi connectivity index (χ2v) is 7.69. The molecule has 3 aromatic rings. The zero-order chi connectivity index (χ0) is 19.6. The van der Waals surface area contributed by atoms with Crippen LogP contribution in [0.5, 0.6) is 0 Å². The first-order chi connectivity index (χ1) is 12.8. The molecule has 0 bridgehead atoms. The lowest BCUT2D eigenvalue weighted by molar-refractivity contribution is 0.590. The molecule has 8 heteroatoms. The Balaban J connectivity index is 1.78. The lowest BCUT2D eigenvalue weighted by Gasteiger charge is -2.11. The largest absolute Gasteiger partial charge is 0.335 e. The summed E-state index contributed by atoms with van der Waals surface area (Å²) in [4.78, 5) is 4.13. The van der Waals surface area contributed by atoms with Crippen molar-refractivity contribution in [2.24, 2.45) is 0 Å². The average Bonchev–Trinajstić information content (AvgIpc) is 2.62. The van der Waals surface area contributed by atoms with Gasteiger partial charge in [-0.05, 0) is 61.4 Å². The van der Waals surface area contributed by atoms with Crippen molar-refractivity contribution in [3.8, 4) is 0 Å². The minimum atomic E-state index is -3.77. The summed E-state index contributed by atoms with van der Waals surface area (Å²) in [6.07, 6.45) is 1.26. The molecule has 1 aromatic heterocycles. The lowest BCUT2D eigenvalue weighted by Crippen LogP contribution is -2.13. The first-order valence-corrected chi connectivity index (χ1v) is 9.52. The van der Waals surface area contributed by atoms with E-state index in [0.29, 0.717) is 0 Å². The Morgan fingerprint density at radius 3 is 2.22 bits per heavy atom. The molecule has 0 saturated heterocycles. The molecule has 140 valence electrons. The summed E-state index contributed by atoms with van der Waals surface area (Å²) < 4.78 is 54.7. The highest BCUT2D eigenvalue weighted by Crippen LogP contribution is 2.23. The maximum Gasteiger partial charge on any atom is 0.261 e. The summed E-state index contributed by atoms with van der Waals surface area (Å²) in [6.45, 7) is 3.73. The first kappa shape index (κ1) is 18.8. The zero-order valence-electron chi connectivity index (χ0n) is 14.6. The van der Waals surface area contributed by atoms with Gasteiger partial charge in [-0.1, -0.05) is 12.1 Å². The molecule has 0 atom stereocenters. The number of hydrogen-bond donors (Lipinski definition) is 2. The summed E-state index contributed by atoms with van der Waals surface area (Å²) in [5, 5.41) is 2.54. The maximum absolute atomic E-state index is 13.7. The minimum Gasteiger partial charge on any atom is -0.335 e. The standard InChI is InChI=1S/C19H17F2N3O2S/c1-12-6-8-15(10-13(12)2)27(25,26)24-14-7-9-18(22-11-14)23-19-16(20)4-3-5-17(19)21/h3-11,24H,1-2H3,(H,22,23). The number of sulfonamides is 1. The van der Waals surface area contributed by atoms with Crippen LogP contribution in [0.25, 0.3) is 0 Å². The Hall–Kier alpha value is -3.00. The van der Waals surface area contributed by atoms with Crippen molar-refractivity contribution in [3.63, 3.8) is 0 Å².